The number of aliphatic carboxylic acids is 1. The number of likely N-dealkylation sites (tertiary alicyclic amines) is 1. The van der Waals surface area contributed by atoms with E-state index in [4.69, 9.17) is 16.3 Å². The molecular formula is C25H27ClN2O5. The zero-order chi connectivity index (χ0) is 24.2. The lowest BCUT2D eigenvalue weighted by Crippen LogP contribution is -2.70. The van der Waals surface area contributed by atoms with Crippen molar-refractivity contribution in [2.45, 2.75) is 50.8 Å². The summed E-state index contributed by atoms with van der Waals surface area (Å²) in [6, 6.07) is 17.4. The minimum atomic E-state index is -1.27. The molecule has 8 heteroatoms. The van der Waals surface area contributed by atoms with Crippen LogP contribution in [0.2, 0.25) is 0 Å². The number of carboxylic acids is 1. The highest BCUT2D eigenvalue weighted by atomic mass is 35.5. The number of nitrogens with one attached hydrogen (secondary N) is 1. The van der Waals surface area contributed by atoms with Crippen LogP contribution in [-0.2, 0) is 20.8 Å². The molecule has 7 nitrogen and oxygen atoms in total. The summed E-state index contributed by atoms with van der Waals surface area (Å²) in [6.07, 6.45) is 1.08. The molecule has 0 aromatic heterocycles. The van der Waals surface area contributed by atoms with Gasteiger partial charge in [-0.15, -0.1) is 0 Å². The minimum absolute atomic E-state index is 0.152. The molecule has 1 fully saturated rings. The molecule has 174 valence electrons. The number of hydrogen-bond acceptors (Lipinski definition) is 4. The Labute approximate surface area is 198 Å². The molecule has 1 heterocycles. The highest BCUT2D eigenvalue weighted by Crippen LogP contribution is 2.32. The van der Waals surface area contributed by atoms with E-state index in [9.17, 15) is 19.5 Å². The summed E-state index contributed by atoms with van der Waals surface area (Å²) < 4.78 is 5.74. The van der Waals surface area contributed by atoms with Crippen LogP contribution in [0.1, 0.15) is 32.8 Å². The third kappa shape index (κ3) is 5.54. The van der Waals surface area contributed by atoms with Crippen LogP contribution in [0, 0.1) is 0 Å². The number of benzene rings is 2. The first-order chi connectivity index (χ1) is 15.6. The molecule has 2 N–H and O–H groups in total. The third-order valence-electron chi connectivity index (χ3n) is 5.45. The van der Waals surface area contributed by atoms with Gasteiger partial charge in [-0.05, 0) is 56.9 Å². The molecule has 0 aliphatic carbocycles. The van der Waals surface area contributed by atoms with Crippen molar-refractivity contribution in [2.24, 2.45) is 0 Å². The molecule has 0 bridgehead atoms. The van der Waals surface area contributed by atoms with E-state index in [1.807, 2.05) is 36.4 Å². The minimum Gasteiger partial charge on any atom is -0.478 e. The predicted molar refractivity (Wildman–Crippen MR) is 125 cm³/mol. The Morgan fingerprint density at radius 2 is 1.67 bits per heavy atom. The maximum Gasteiger partial charge on any atom is 0.352 e. The second-order valence-electron chi connectivity index (χ2n) is 8.38. The Kier molecular flexibility index (Phi) is 7.43. The van der Waals surface area contributed by atoms with E-state index in [2.05, 4.69) is 5.32 Å². The van der Waals surface area contributed by atoms with Gasteiger partial charge in [0.15, 0.2) is 5.60 Å². The number of ether oxygens (including phenoxy) is 1. The van der Waals surface area contributed by atoms with Crippen molar-refractivity contribution in [3.63, 3.8) is 0 Å². The molecule has 1 aliphatic rings. The lowest BCUT2D eigenvalue weighted by molar-refractivity contribution is -0.152. The number of carboxylic acid groups (broad SMARTS) is 1. The summed E-state index contributed by atoms with van der Waals surface area (Å²) in [5, 5.41) is 12.3. The number of aryl methyl sites for hydroxylation is 1. The van der Waals surface area contributed by atoms with Crippen molar-refractivity contribution in [3.8, 4) is 5.75 Å². The number of nitrogens with zero attached hydrogens (tertiary/aromatic N) is 1. The van der Waals surface area contributed by atoms with Gasteiger partial charge < -0.3 is 15.2 Å². The first kappa shape index (κ1) is 24.3. The van der Waals surface area contributed by atoms with E-state index in [-0.39, 0.29) is 5.70 Å². The molecule has 33 heavy (non-hydrogen) atoms. The molecule has 2 atom stereocenters. The van der Waals surface area contributed by atoms with Crippen LogP contribution in [0.5, 0.6) is 5.75 Å². The molecule has 1 aliphatic heterocycles. The third-order valence-corrected chi connectivity index (χ3v) is 5.90. The lowest BCUT2D eigenvalue weighted by atomic mass is 9.99. The van der Waals surface area contributed by atoms with E-state index < -0.39 is 34.9 Å². The molecule has 2 amide bonds. The number of allylic oxidation sites excluding steroid dienone is 1. The molecule has 3 rings (SSSR count). The summed E-state index contributed by atoms with van der Waals surface area (Å²) in [4.78, 5) is 38.6. The molecule has 0 radical (unpaired) electrons. The first-order valence-electron chi connectivity index (χ1n) is 10.6. The number of alkyl halides is 1. The molecule has 0 saturated carbocycles. The smallest absolute Gasteiger partial charge is 0.352 e. The van der Waals surface area contributed by atoms with Crippen LogP contribution >= 0.6 is 11.6 Å². The van der Waals surface area contributed by atoms with Gasteiger partial charge in [0.1, 0.15) is 23.0 Å². The number of carbonyl (C=O) groups is 3. The van der Waals surface area contributed by atoms with E-state index in [1.54, 1.807) is 45.0 Å². The largest absolute Gasteiger partial charge is 0.478 e. The van der Waals surface area contributed by atoms with Crippen LogP contribution in [0.3, 0.4) is 0 Å². The van der Waals surface area contributed by atoms with Crippen LogP contribution < -0.4 is 10.1 Å². The second kappa shape index (κ2) is 10.1. The summed E-state index contributed by atoms with van der Waals surface area (Å²) in [5.41, 5.74) is -0.851. The molecule has 2 aromatic rings. The summed E-state index contributed by atoms with van der Waals surface area (Å²) in [5.74, 6) is -1.84. The highest BCUT2D eigenvalue weighted by Gasteiger charge is 2.52. The maximum absolute atomic E-state index is 12.8. The van der Waals surface area contributed by atoms with Gasteiger partial charge in [0.05, 0.1) is 0 Å². The van der Waals surface area contributed by atoms with E-state index in [0.29, 0.717) is 24.2 Å². The van der Waals surface area contributed by atoms with Crippen molar-refractivity contribution in [1.82, 2.24) is 10.2 Å². The van der Waals surface area contributed by atoms with Gasteiger partial charge in [0.2, 0.25) is 0 Å². The van der Waals surface area contributed by atoms with E-state index in [1.165, 1.54) is 0 Å². The van der Waals surface area contributed by atoms with Crippen LogP contribution in [-0.4, -0.2) is 44.9 Å². The van der Waals surface area contributed by atoms with Gasteiger partial charge in [-0.25, -0.2) is 4.79 Å². The van der Waals surface area contributed by atoms with Gasteiger partial charge in [-0.1, -0.05) is 60.1 Å². The Morgan fingerprint density at radius 3 is 2.21 bits per heavy atom. The standard InChI is InChI=1S/C25H27ClN2O5/c1-16(14-15-17-10-6-4-7-11-17)20(23(30)31)28-21(26)19(22(28)29)27-24(32)25(2,3)33-18-12-8-5-9-13-18/h4-13,19,21H,14-15H2,1-3H3,(H,27,32)(H,30,31). The van der Waals surface area contributed by atoms with Crippen molar-refractivity contribution in [1.29, 1.82) is 0 Å². The Balaban J connectivity index is 1.68. The van der Waals surface area contributed by atoms with Crippen molar-refractivity contribution in [2.75, 3.05) is 0 Å². The molecule has 2 aromatic carbocycles. The van der Waals surface area contributed by atoms with Gasteiger partial charge in [0.25, 0.3) is 11.8 Å². The Morgan fingerprint density at radius 1 is 1.09 bits per heavy atom. The quantitative estimate of drug-likeness (QED) is 0.252. The summed E-state index contributed by atoms with van der Waals surface area (Å²) >= 11 is 6.38. The number of amides is 2. The SMILES string of the molecule is CC(CCc1ccccc1)=C(C(=O)O)N1C(=O)C(NC(=O)C(C)(C)Oc2ccccc2)C1Cl. The number of carbonyl (C=O) groups excluding carboxylic acids is 2. The zero-order valence-electron chi connectivity index (χ0n) is 18.7. The first-order valence-corrected chi connectivity index (χ1v) is 11.0. The zero-order valence-corrected chi connectivity index (χ0v) is 19.5. The topological polar surface area (TPSA) is 95.9 Å². The monoisotopic (exact) mass is 470 g/mol. The number of β-lactam (4-membered cyclic amide) rings is 1. The van der Waals surface area contributed by atoms with Gasteiger partial charge in [-0.2, -0.15) is 0 Å². The fourth-order valence-electron chi connectivity index (χ4n) is 3.55. The fourth-order valence-corrected chi connectivity index (χ4v) is 3.92. The molecular weight excluding hydrogens is 444 g/mol. The summed E-state index contributed by atoms with van der Waals surface area (Å²) in [6.45, 7) is 4.83. The fraction of sp³-hybridized carbons (Fsp3) is 0.320. The van der Waals surface area contributed by atoms with Crippen LogP contribution in [0.25, 0.3) is 0 Å². The molecule has 0 spiro atoms. The van der Waals surface area contributed by atoms with Gasteiger partial charge >= 0.3 is 5.97 Å². The summed E-state index contributed by atoms with van der Waals surface area (Å²) in [7, 11) is 0. The maximum atomic E-state index is 12.8. The molecule has 2 unspecified atom stereocenters. The predicted octanol–water partition coefficient (Wildman–Crippen LogP) is 3.73. The van der Waals surface area contributed by atoms with Gasteiger partial charge in [-0.3, -0.25) is 14.5 Å². The Bertz CT molecular complexity index is 1050. The highest BCUT2D eigenvalue weighted by molar-refractivity contribution is 6.27. The van der Waals surface area contributed by atoms with Crippen molar-refractivity contribution < 1.29 is 24.2 Å². The van der Waals surface area contributed by atoms with E-state index >= 15 is 0 Å². The van der Waals surface area contributed by atoms with E-state index in [0.717, 1.165) is 10.5 Å². The van der Waals surface area contributed by atoms with Crippen LogP contribution in [0.15, 0.2) is 71.9 Å². The average molecular weight is 471 g/mol. The number of para-hydroxylation sites is 1. The lowest BCUT2D eigenvalue weighted by Gasteiger charge is -2.44. The average Bonchev–Trinajstić information content (AvgIpc) is 2.79. The number of rotatable bonds is 9. The molecule has 1 saturated heterocycles. The van der Waals surface area contributed by atoms with Crippen molar-refractivity contribution in [3.05, 3.63) is 77.5 Å². The van der Waals surface area contributed by atoms with Gasteiger partial charge in [0, 0.05) is 0 Å². The van der Waals surface area contributed by atoms with Crippen molar-refractivity contribution >= 4 is 29.4 Å². The number of hydrogen-bond donors (Lipinski definition) is 2. The normalized spacial score (nSPS) is 18.8. The van der Waals surface area contributed by atoms with Crippen LogP contribution in [0.4, 0.5) is 0 Å². The Hall–Kier alpha value is -3.32. The number of halogens is 1. The second-order valence-corrected chi connectivity index (χ2v) is 8.82.